The average Bonchev–Trinajstić information content (AvgIpc) is 2.44. The van der Waals surface area contributed by atoms with Crippen LogP contribution in [-0.2, 0) is 9.53 Å². The SMILES string of the molecule is COCCNCC1CCCCN1CC(=O)N(C)C(C)C. The first kappa shape index (κ1) is 17.4. The zero-order valence-corrected chi connectivity index (χ0v) is 13.5. The summed E-state index contributed by atoms with van der Waals surface area (Å²) in [6.07, 6.45) is 3.65. The molecule has 1 aliphatic heterocycles. The molecule has 0 spiro atoms. The Morgan fingerprint density at radius 2 is 2.20 bits per heavy atom. The maximum Gasteiger partial charge on any atom is 0.236 e. The van der Waals surface area contributed by atoms with Gasteiger partial charge in [0.1, 0.15) is 0 Å². The number of hydrogen-bond acceptors (Lipinski definition) is 4. The van der Waals surface area contributed by atoms with Crippen molar-refractivity contribution in [2.45, 2.75) is 45.2 Å². The molecule has 1 N–H and O–H groups in total. The third-order valence-corrected chi connectivity index (χ3v) is 4.12. The number of hydrogen-bond donors (Lipinski definition) is 1. The molecule has 1 amide bonds. The number of nitrogens with zero attached hydrogens (tertiary/aromatic N) is 2. The highest BCUT2D eigenvalue weighted by Crippen LogP contribution is 2.16. The van der Waals surface area contributed by atoms with Gasteiger partial charge in [0, 0.05) is 39.3 Å². The summed E-state index contributed by atoms with van der Waals surface area (Å²) in [6, 6.07) is 0.746. The predicted octanol–water partition coefficient (Wildman–Crippen LogP) is 0.944. The number of nitrogens with one attached hydrogen (secondary N) is 1. The minimum Gasteiger partial charge on any atom is -0.383 e. The summed E-state index contributed by atoms with van der Waals surface area (Å²) in [7, 11) is 3.61. The van der Waals surface area contributed by atoms with Crippen molar-refractivity contribution in [2.75, 3.05) is 46.9 Å². The van der Waals surface area contributed by atoms with Crippen LogP contribution in [-0.4, -0.2) is 74.7 Å². The van der Waals surface area contributed by atoms with Crippen molar-refractivity contribution >= 4 is 5.91 Å². The van der Waals surface area contributed by atoms with Crippen LogP contribution in [0.2, 0.25) is 0 Å². The fourth-order valence-corrected chi connectivity index (χ4v) is 2.52. The maximum absolute atomic E-state index is 12.2. The van der Waals surface area contributed by atoms with Crippen LogP contribution in [0, 0.1) is 0 Å². The van der Waals surface area contributed by atoms with Crippen molar-refractivity contribution in [1.29, 1.82) is 0 Å². The van der Waals surface area contributed by atoms with E-state index in [0.717, 1.165) is 26.2 Å². The molecule has 1 atom stereocenters. The number of ether oxygens (including phenoxy) is 1. The first-order valence-electron chi connectivity index (χ1n) is 7.75. The van der Waals surface area contributed by atoms with Crippen LogP contribution in [0.3, 0.4) is 0 Å². The minimum atomic E-state index is 0.226. The summed E-state index contributed by atoms with van der Waals surface area (Å²) in [5.74, 6) is 0.226. The normalized spacial score (nSPS) is 20.4. The second kappa shape index (κ2) is 9.32. The second-order valence-corrected chi connectivity index (χ2v) is 5.92. The molecule has 1 fully saturated rings. The third kappa shape index (κ3) is 5.77. The third-order valence-electron chi connectivity index (χ3n) is 4.12. The smallest absolute Gasteiger partial charge is 0.236 e. The number of carbonyl (C=O) groups excluding carboxylic acids is 1. The van der Waals surface area contributed by atoms with E-state index < -0.39 is 0 Å². The van der Waals surface area contributed by atoms with E-state index in [4.69, 9.17) is 4.74 Å². The highest BCUT2D eigenvalue weighted by molar-refractivity contribution is 5.78. The number of rotatable bonds is 8. The molecule has 1 saturated heterocycles. The molecule has 0 saturated carbocycles. The molecule has 5 nitrogen and oxygen atoms in total. The summed E-state index contributed by atoms with van der Waals surface area (Å²) < 4.78 is 5.04. The lowest BCUT2D eigenvalue weighted by Crippen LogP contribution is -2.50. The first-order chi connectivity index (χ1) is 9.56. The molecule has 20 heavy (non-hydrogen) atoms. The molecule has 0 bridgehead atoms. The fourth-order valence-electron chi connectivity index (χ4n) is 2.52. The lowest BCUT2D eigenvalue weighted by atomic mass is 10.0. The fraction of sp³-hybridized carbons (Fsp3) is 0.933. The van der Waals surface area contributed by atoms with Gasteiger partial charge in [0.05, 0.1) is 13.2 Å². The van der Waals surface area contributed by atoms with Gasteiger partial charge in [0.2, 0.25) is 5.91 Å². The van der Waals surface area contributed by atoms with E-state index in [9.17, 15) is 4.79 Å². The van der Waals surface area contributed by atoms with E-state index >= 15 is 0 Å². The number of carbonyl (C=O) groups is 1. The van der Waals surface area contributed by atoms with Crippen LogP contribution < -0.4 is 5.32 Å². The average molecular weight is 285 g/mol. The summed E-state index contributed by atoms with van der Waals surface area (Å²) in [5.41, 5.74) is 0. The molecule has 0 aliphatic carbocycles. The van der Waals surface area contributed by atoms with Gasteiger partial charge in [-0.2, -0.15) is 0 Å². The van der Waals surface area contributed by atoms with Gasteiger partial charge in [0.25, 0.3) is 0 Å². The van der Waals surface area contributed by atoms with E-state index in [1.807, 2.05) is 11.9 Å². The van der Waals surface area contributed by atoms with E-state index in [2.05, 4.69) is 24.1 Å². The van der Waals surface area contributed by atoms with Gasteiger partial charge in [-0.1, -0.05) is 6.42 Å². The summed E-state index contributed by atoms with van der Waals surface area (Å²) in [5, 5.41) is 3.42. The Morgan fingerprint density at radius 3 is 2.85 bits per heavy atom. The molecule has 1 heterocycles. The zero-order valence-electron chi connectivity index (χ0n) is 13.5. The molecule has 0 aromatic carbocycles. The Hall–Kier alpha value is -0.650. The van der Waals surface area contributed by atoms with Crippen molar-refractivity contribution in [3.63, 3.8) is 0 Å². The van der Waals surface area contributed by atoms with Crippen LogP contribution in [0.15, 0.2) is 0 Å². The monoisotopic (exact) mass is 285 g/mol. The number of likely N-dealkylation sites (tertiary alicyclic amines) is 1. The van der Waals surface area contributed by atoms with E-state index in [1.54, 1.807) is 7.11 Å². The van der Waals surface area contributed by atoms with Crippen molar-refractivity contribution in [1.82, 2.24) is 15.1 Å². The predicted molar refractivity (Wildman–Crippen MR) is 81.9 cm³/mol. The molecule has 5 heteroatoms. The minimum absolute atomic E-state index is 0.226. The molecule has 1 unspecified atom stereocenters. The van der Waals surface area contributed by atoms with Gasteiger partial charge >= 0.3 is 0 Å². The van der Waals surface area contributed by atoms with Gasteiger partial charge in [-0.3, -0.25) is 9.69 Å². The number of methoxy groups -OCH3 is 1. The van der Waals surface area contributed by atoms with Crippen LogP contribution in [0.4, 0.5) is 0 Å². The molecular weight excluding hydrogens is 254 g/mol. The molecule has 118 valence electrons. The van der Waals surface area contributed by atoms with Gasteiger partial charge in [-0.05, 0) is 33.2 Å². The lowest BCUT2D eigenvalue weighted by molar-refractivity contribution is -0.133. The molecule has 1 aliphatic rings. The molecule has 0 aromatic rings. The van der Waals surface area contributed by atoms with Gasteiger partial charge < -0.3 is 15.0 Å². The first-order valence-corrected chi connectivity index (χ1v) is 7.75. The number of likely N-dealkylation sites (N-methyl/N-ethyl adjacent to an activating group) is 1. The van der Waals surface area contributed by atoms with E-state index in [0.29, 0.717) is 12.6 Å². The second-order valence-electron chi connectivity index (χ2n) is 5.92. The lowest BCUT2D eigenvalue weighted by Gasteiger charge is -2.36. The Balaban J connectivity index is 2.41. The topological polar surface area (TPSA) is 44.8 Å². The molecular formula is C15H31N3O2. The summed E-state index contributed by atoms with van der Waals surface area (Å²) in [6.45, 7) is 8.25. The van der Waals surface area contributed by atoms with Crippen LogP contribution >= 0.6 is 0 Å². The molecule has 0 aromatic heterocycles. The summed E-state index contributed by atoms with van der Waals surface area (Å²) >= 11 is 0. The van der Waals surface area contributed by atoms with Crippen molar-refractivity contribution in [3.8, 4) is 0 Å². The Bertz CT molecular complexity index is 284. The van der Waals surface area contributed by atoms with E-state index in [-0.39, 0.29) is 11.9 Å². The molecule has 1 rings (SSSR count). The van der Waals surface area contributed by atoms with Gasteiger partial charge in [-0.25, -0.2) is 0 Å². The van der Waals surface area contributed by atoms with Gasteiger partial charge in [0.15, 0.2) is 0 Å². The Morgan fingerprint density at radius 1 is 1.45 bits per heavy atom. The molecule has 0 radical (unpaired) electrons. The quantitative estimate of drug-likeness (QED) is 0.674. The van der Waals surface area contributed by atoms with Crippen LogP contribution in [0.5, 0.6) is 0 Å². The largest absolute Gasteiger partial charge is 0.383 e. The van der Waals surface area contributed by atoms with E-state index in [1.165, 1.54) is 19.3 Å². The standard InChI is InChI=1S/C15H31N3O2/c1-13(2)17(3)15(19)12-18-9-6-5-7-14(18)11-16-8-10-20-4/h13-14,16H,5-12H2,1-4H3. The maximum atomic E-state index is 12.2. The van der Waals surface area contributed by atoms with Crippen molar-refractivity contribution in [2.24, 2.45) is 0 Å². The Labute approximate surface area is 123 Å². The number of amides is 1. The summed E-state index contributed by atoms with van der Waals surface area (Å²) in [4.78, 5) is 16.4. The van der Waals surface area contributed by atoms with Crippen LogP contribution in [0.1, 0.15) is 33.1 Å². The van der Waals surface area contributed by atoms with Crippen molar-refractivity contribution in [3.05, 3.63) is 0 Å². The Kier molecular flexibility index (Phi) is 8.11. The zero-order chi connectivity index (χ0) is 15.0. The van der Waals surface area contributed by atoms with Gasteiger partial charge in [-0.15, -0.1) is 0 Å². The number of piperidine rings is 1. The highest BCUT2D eigenvalue weighted by atomic mass is 16.5. The highest BCUT2D eigenvalue weighted by Gasteiger charge is 2.25. The van der Waals surface area contributed by atoms with Crippen molar-refractivity contribution < 1.29 is 9.53 Å². The van der Waals surface area contributed by atoms with Crippen LogP contribution in [0.25, 0.3) is 0 Å².